The molecule has 4 rings (SSSR count). The highest BCUT2D eigenvalue weighted by molar-refractivity contribution is 7.18. The predicted molar refractivity (Wildman–Crippen MR) is 145 cm³/mol. The monoisotopic (exact) mass is 550 g/mol. The number of benzene rings is 2. The highest BCUT2D eigenvalue weighted by atomic mass is 32.1. The SMILES string of the molecule is COC(=O)Cn1c(=O)c(C(=O)COC(=O)CCCc2nc3ccccc3s2)c(N)n(Cc2ccccc2)c1=O. The van der Waals surface area contributed by atoms with Crippen LogP contribution >= 0.6 is 11.3 Å². The molecule has 0 aliphatic carbocycles. The Labute approximate surface area is 226 Å². The first kappa shape index (κ1) is 27.5. The van der Waals surface area contributed by atoms with Gasteiger partial charge in [0.1, 0.15) is 17.9 Å². The number of nitrogens with two attached hydrogens (primary N) is 1. The van der Waals surface area contributed by atoms with Gasteiger partial charge in [0.05, 0.1) is 28.9 Å². The third-order valence-corrected chi connectivity index (χ3v) is 7.02. The van der Waals surface area contributed by atoms with Crippen molar-refractivity contribution in [1.82, 2.24) is 14.1 Å². The van der Waals surface area contributed by atoms with Gasteiger partial charge in [0.15, 0.2) is 6.61 Å². The average molecular weight is 551 g/mol. The molecule has 202 valence electrons. The molecule has 0 amide bonds. The lowest BCUT2D eigenvalue weighted by atomic mass is 10.1. The Balaban J connectivity index is 1.47. The van der Waals surface area contributed by atoms with Crippen molar-refractivity contribution in [3.63, 3.8) is 0 Å². The maximum absolute atomic E-state index is 13.1. The fraction of sp³-hybridized carbons (Fsp3) is 0.259. The van der Waals surface area contributed by atoms with Crippen molar-refractivity contribution in [3.05, 3.63) is 91.6 Å². The van der Waals surface area contributed by atoms with E-state index in [1.54, 1.807) is 41.7 Å². The van der Waals surface area contributed by atoms with E-state index in [0.717, 1.165) is 26.9 Å². The maximum Gasteiger partial charge on any atom is 0.333 e. The summed E-state index contributed by atoms with van der Waals surface area (Å²) < 4.78 is 12.4. The van der Waals surface area contributed by atoms with E-state index in [0.29, 0.717) is 23.0 Å². The van der Waals surface area contributed by atoms with Gasteiger partial charge in [-0.2, -0.15) is 0 Å². The second-order valence-electron chi connectivity index (χ2n) is 8.59. The molecule has 12 heteroatoms. The van der Waals surface area contributed by atoms with Crippen molar-refractivity contribution in [3.8, 4) is 0 Å². The molecule has 39 heavy (non-hydrogen) atoms. The minimum absolute atomic E-state index is 0.0404. The standard InChI is InChI=1S/C27H26N4O7S/c1-37-23(34)15-31-26(35)24(25(28)30(27(31)36)14-17-8-3-2-4-9-17)19(32)16-38-22(33)13-7-12-21-29-18-10-5-6-11-20(18)39-21/h2-6,8-11H,7,12-16,28H2,1H3. The molecule has 0 radical (unpaired) electrons. The van der Waals surface area contributed by atoms with E-state index in [1.165, 1.54) is 0 Å². The molecule has 11 nitrogen and oxygen atoms in total. The van der Waals surface area contributed by atoms with Crippen molar-refractivity contribution in [2.24, 2.45) is 0 Å². The fourth-order valence-electron chi connectivity index (χ4n) is 3.93. The fourth-order valence-corrected chi connectivity index (χ4v) is 4.94. The van der Waals surface area contributed by atoms with Gasteiger partial charge < -0.3 is 15.2 Å². The lowest BCUT2D eigenvalue weighted by Gasteiger charge is -2.16. The van der Waals surface area contributed by atoms with Gasteiger partial charge in [-0.05, 0) is 30.5 Å². The Morgan fingerprint density at radius 3 is 2.41 bits per heavy atom. The van der Waals surface area contributed by atoms with Crippen LogP contribution in [0.25, 0.3) is 10.2 Å². The smallest absolute Gasteiger partial charge is 0.333 e. The van der Waals surface area contributed by atoms with Crippen molar-refractivity contribution in [2.45, 2.75) is 32.4 Å². The summed E-state index contributed by atoms with van der Waals surface area (Å²) in [5.74, 6) is -2.76. The van der Waals surface area contributed by atoms with Gasteiger partial charge >= 0.3 is 17.6 Å². The Kier molecular flexibility index (Phi) is 8.67. The Morgan fingerprint density at radius 1 is 0.974 bits per heavy atom. The van der Waals surface area contributed by atoms with E-state index >= 15 is 0 Å². The number of fused-ring (bicyclic) bond motifs is 1. The number of rotatable bonds is 11. The number of hydrogen-bond donors (Lipinski definition) is 1. The van der Waals surface area contributed by atoms with Crippen LogP contribution in [0.1, 0.15) is 33.8 Å². The summed E-state index contributed by atoms with van der Waals surface area (Å²) in [6, 6.07) is 16.5. The molecule has 0 saturated carbocycles. The normalized spacial score (nSPS) is 10.9. The zero-order chi connectivity index (χ0) is 27.9. The van der Waals surface area contributed by atoms with Crippen molar-refractivity contribution in [1.29, 1.82) is 0 Å². The largest absolute Gasteiger partial charge is 0.468 e. The number of ether oxygens (including phenoxy) is 2. The van der Waals surface area contributed by atoms with Gasteiger partial charge in [-0.15, -0.1) is 11.3 Å². The molecule has 2 heterocycles. The van der Waals surface area contributed by atoms with Crippen LogP contribution in [0.4, 0.5) is 5.82 Å². The Hall–Kier alpha value is -4.58. The zero-order valence-corrected chi connectivity index (χ0v) is 21.9. The molecule has 4 aromatic rings. The van der Waals surface area contributed by atoms with E-state index in [-0.39, 0.29) is 18.8 Å². The summed E-state index contributed by atoms with van der Waals surface area (Å²) in [5.41, 5.74) is 5.20. The average Bonchev–Trinajstić information content (AvgIpc) is 3.35. The molecule has 0 bridgehead atoms. The minimum atomic E-state index is -1.07. The first-order valence-electron chi connectivity index (χ1n) is 12.1. The van der Waals surface area contributed by atoms with Gasteiger partial charge in [-0.3, -0.25) is 23.7 Å². The maximum atomic E-state index is 13.1. The molecule has 0 atom stereocenters. The lowest BCUT2D eigenvalue weighted by molar-refractivity contribution is -0.143. The molecule has 0 fully saturated rings. The number of para-hydroxylation sites is 1. The van der Waals surface area contributed by atoms with Crippen molar-refractivity contribution >= 4 is 45.1 Å². The van der Waals surface area contributed by atoms with Crippen LogP contribution in [0.2, 0.25) is 0 Å². The zero-order valence-electron chi connectivity index (χ0n) is 21.1. The van der Waals surface area contributed by atoms with Gasteiger partial charge in [-0.1, -0.05) is 42.5 Å². The lowest BCUT2D eigenvalue weighted by Crippen LogP contribution is -2.46. The number of ketones is 1. The van der Waals surface area contributed by atoms with Crippen molar-refractivity contribution in [2.75, 3.05) is 19.5 Å². The van der Waals surface area contributed by atoms with Crippen LogP contribution in [0.3, 0.4) is 0 Å². The number of hydrogen-bond acceptors (Lipinski definition) is 10. The number of Topliss-reactive ketones (excluding diaryl/α,β-unsaturated/α-hetero) is 1. The molecular formula is C27H26N4O7S. The number of aryl methyl sites for hydroxylation is 1. The van der Waals surface area contributed by atoms with E-state index in [4.69, 9.17) is 10.5 Å². The summed E-state index contributed by atoms with van der Waals surface area (Å²) in [7, 11) is 1.11. The molecule has 2 N–H and O–H groups in total. The van der Waals surface area contributed by atoms with Crippen LogP contribution < -0.4 is 17.0 Å². The number of carbonyl (C=O) groups excluding carboxylic acids is 3. The first-order chi connectivity index (χ1) is 18.8. The number of thiazole rings is 1. The second-order valence-corrected chi connectivity index (χ2v) is 9.71. The molecule has 0 spiro atoms. The number of nitrogen functional groups attached to an aromatic ring is 1. The van der Waals surface area contributed by atoms with E-state index in [9.17, 15) is 24.0 Å². The summed E-state index contributed by atoms with van der Waals surface area (Å²) in [5, 5.41) is 0.889. The highest BCUT2D eigenvalue weighted by Gasteiger charge is 2.25. The highest BCUT2D eigenvalue weighted by Crippen LogP contribution is 2.22. The number of nitrogens with zero attached hydrogens (tertiary/aromatic N) is 3. The molecule has 2 aromatic carbocycles. The summed E-state index contributed by atoms with van der Waals surface area (Å²) >= 11 is 1.55. The predicted octanol–water partition coefficient (Wildman–Crippen LogP) is 2.17. The first-order valence-corrected chi connectivity index (χ1v) is 12.9. The topological polar surface area (TPSA) is 153 Å². The minimum Gasteiger partial charge on any atom is -0.468 e. The van der Waals surface area contributed by atoms with Gasteiger partial charge in [0.2, 0.25) is 5.78 Å². The van der Waals surface area contributed by atoms with Gasteiger partial charge in [0.25, 0.3) is 5.56 Å². The molecule has 0 aliphatic rings. The Bertz CT molecular complexity index is 1610. The summed E-state index contributed by atoms with van der Waals surface area (Å²) in [4.78, 5) is 67.8. The van der Waals surface area contributed by atoms with Crippen LogP contribution in [-0.2, 0) is 38.6 Å². The molecule has 0 saturated heterocycles. The van der Waals surface area contributed by atoms with E-state index in [1.807, 2.05) is 24.3 Å². The number of esters is 2. The van der Waals surface area contributed by atoms with Crippen LogP contribution in [0, 0.1) is 0 Å². The molecular weight excluding hydrogens is 524 g/mol. The third-order valence-electron chi connectivity index (χ3n) is 5.92. The second kappa shape index (κ2) is 12.3. The van der Waals surface area contributed by atoms with Crippen LogP contribution in [0.15, 0.2) is 64.2 Å². The number of carbonyl (C=O) groups is 3. The quantitative estimate of drug-likeness (QED) is 0.219. The third kappa shape index (κ3) is 6.47. The summed E-state index contributed by atoms with van der Waals surface area (Å²) in [6.07, 6.45) is 1.07. The number of anilines is 1. The van der Waals surface area contributed by atoms with E-state index < -0.39 is 47.7 Å². The number of aromatic nitrogens is 3. The summed E-state index contributed by atoms with van der Waals surface area (Å²) in [6.45, 7) is -1.52. The van der Waals surface area contributed by atoms with Crippen molar-refractivity contribution < 1.29 is 23.9 Å². The molecule has 0 unspecified atom stereocenters. The van der Waals surface area contributed by atoms with Gasteiger partial charge in [-0.25, -0.2) is 14.3 Å². The van der Waals surface area contributed by atoms with Gasteiger partial charge in [0, 0.05) is 6.42 Å². The number of methoxy groups -OCH3 is 1. The molecule has 0 aliphatic heterocycles. The molecule has 2 aromatic heterocycles. The Morgan fingerprint density at radius 2 is 1.69 bits per heavy atom. The van der Waals surface area contributed by atoms with Crippen LogP contribution in [0.5, 0.6) is 0 Å². The van der Waals surface area contributed by atoms with E-state index in [2.05, 4.69) is 9.72 Å². The van der Waals surface area contributed by atoms with Crippen LogP contribution in [-0.4, -0.2) is 45.6 Å².